The van der Waals surface area contributed by atoms with Crippen molar-refractivity contribution < 1.29 is 17.6 Å². The molecule has 1 saturated heterocycles. The Morgan fingerprint density at radius 1 is 1.16 bits per heavy atom. The first-order valence-corrected chi connectivity index (χ1v) is 14.4. The third kappa shape index (κ3) is 3.59. The van der Waals surface area contributed by atoms with Crippen molar-refractivity contribution in [2.75, 3.05) is 48.8 Å². The molecule has 1 aliphatic carbocycles. The van der Waals surface area contributed by atoms with Crippen molar-refractivity contribution in [3.63, 3.8) is 0 Å². The van der Waals surface area contributed by atoms with E-state index in [1.807, 2.05) is 4.90 Å². The largest absolute Gasteiger partial charge is 0.354 e. The second-order valence-corrected chi connectivity index (χ2v) is 12.7. The highest BCUT2D eigenvalue weighted by atomic mass is 32.2. The minimum atomic E-state index is -3.82. The van der Waals surface area contributed by atoms with Crippen LogP contribution >= 0.6 is 0 Å². The topological polar surface area (TPSA) is 98.7 Å². The predicted molar refractivity (Wildman–Crippen MR) is 146 cm³/mol. The number of aromatic nitrogens is 2. The lowest BCUT2D eigenvalue weighted by Crippen LogP contribution is -2.47. The minimum Gasteiger partial charge on any atom is -0.354 e. The van der Waals surface area contributed by atoms with Crippen molar-refractivity contribution in [2.24, 2.45) is 5.92 Å². The summed E-state index contributed by atoms with van der Waals surface area (Å²) in [4.78, 5) is 25.9. The van der Waals surface area contributed by atoms with E-state index in [2.05, 4.69) is 21.6 Å². The van der Waals surface area contributed by atoms with E-state index in [1.165, 1.54) is 20.2 Å². The van der Waals surface area contributed by atoms with Gasteiger partial charge >= 0.3 is 10.2 Å². The summed E-state index contributed by atoms with van der Waals surface area (Å²) < 4.78 is 44.7. The first-order chi connectivity index (χ1) is 18.1. The van der Waals surface area contributed by atoms with Crippen LogP contribution in [0, 0.1) is 11.7 Å². The number of anilines is 3. The number of carbonyl (C=O) groups excluding carboxylic acids is 1. The van der Waals surface area contributed by atoms with Gasteiger partial charge in [0.2, 0.25) is 5.91 Å². The average Bonchev–Trinajstić information content (AvgIpc) is 3.05. The monoisotopic (exact) mass is 538 g/mol. The third-order valence-electron chi connectivity index (χ3n) is 8.43. The Labute approximate surface area is 221 Å². The number of hydrogen-bond donors (Lipinski definition) is 1. The number of nitrogens with zero attached hydrogens (tertiary/aromatic N) is 5. The quantitative estimate of drug-likeness (QED) is 0.511. The molecule has 2 aliphatic heterocycles. The summed E-state index contributed by atoms with van der Waals surface area (Å²) in [6.07, 6.45) is 6.76. The number of rotatable bonds is 6. The third-order valence-corrected chi connectivity index (χ3v) is 9.87. The van der Waals surface area contributed by atoms with Gasteiger partial charge in [-0.1, -0.05) is 13.3 Å². The molecule has 6 rings (SSSR count). The molecule has 0 radical (unpaired) electrons. The highest BCUT2D eigenvalue weighted by Gasteiger charge is 2.54. The number of nitrogens with one attached hydrogen (secondary N) is 1. The van der Waals surface area contributed by atoms with Gasteiger partial charge in [-0.2, -0.15) is 12.7 Å². The fraction of sp³-hybridized carbons (Fsp3) is 0.444. The molecule has 38 heavy (non-hydrogen) atoms. The molecule has 1 N–H and O–H groups in total. The number of amides is 1. The molecule has 200 valence electrons. The maximum absolute atomic E-state index is 15.5. The number of fused-ring (bicyclic) bond motifs is 4. The number of pyridine rings is 2. The summed E-state index contributed by atoms with van der Waals surface area (Å²) >= 11 is 0. The normalized spacial score (nSPS) is 18.7. The zero-order chi connectivity index (χ0) is 27.0. The molecule has 2 fully saturated rings. The first kappa shape index (κ1) is 25.0. The molecule has 11 heteroatoms. The molecule has 1 amide bonds. The Morgan fingerprint density at radius 2 is 1.89 bits per heavy atom. The highest BCUT2D eigenvalue weighted by molar-refractivity contribution is 7.90. The van der Waals surface area contributed by atoms with Crippen LogP contribution < -0.4 is 14.5 Å². The van der Waals surface area contributed by atoms with E-state index in [-0.39, 0.29) is 11.5 Å². The SMILES string of the molecule is CCC1CN(c2ncc(-c3cc4c5c(cnc4cc3F)N(C)C(=O)C53CCC3)cc2NS(=O)(=O)N(C)C)C1. The van der Waals surface area contributed by atoms with Crippen molar-refractivity contribution in [3.05, 3.63) is 42.0 Å². The minimum absolute atomic E-state index is 0.0604. The van der Waals surface area contributed by atoms with Crippen LogP contribution in [0.25, 0.3) is 22.0 Å². The van der Waals surface area contributed by atoms with Gasteiger partial charge in [-0.25, -0.2) is 9.37 Å². The van der Waals surface area contributed by atoms with Crippen LogP contribution in [0.4, 0.5) is 21.6 Å². The van der Waals surface area contributed by atoms with Crippen LogP contribution in [0.3, 0.4) is 0 Å². The maximum Gasteiger partial charge on any atom is 0.301 e. The van der Waals surface area contributed by atoms with Crippen LogP contribution in [0.15, 0.2) is 30.6 Å². The second-order valence-electron chi connectivity index (χ2n) is 10.8. The second kappa shape index (κ2) is 8.60. The van der Waals surface area contributed by atoms with E-state index in [4.69, 9.17) is 0 Å². The van der Waals surface area contributed by atoms with Gasteiger partial charge in [0.1, 0.15) is 5.82 Å². The van der Waals surface area contributed by atoms with Crippen LogP contribution in [0.5, 0.6) is 0 Å². The Hall–Kier alpha value is -3.31. The van der Waals surface area contributed by atoms with Gasteiger partial charge in [0, 0.05) is 68.6 Å². The molecule has 3 aromatic rings. The Balaban J connectivity index is 1.49. The summed E-state index contributed by atoms with van der Waals surface area (Å²) in [5.41, 5.74) is 2.60. The van der Waals surface area contributed by atoms with Crippen molar-refractivity contribution in [1.82, 2.24) is 14.3 Å². The Morgan fingerprint density at radius 3 is 2.53 bits per heavy atom. The van der Waals surface area contributed by atoms with E-state index in [1.54, 1.807) is 36.5 Å². The number of carbonyl (C=O) groups is 1. The molecule has 1 aromatic carbocycles. The molecule has 0 unspecified atom stereocenters. The van der Waals surface area contributed by atoms with E-state index >= 15 is 4.39 Å². The van der Waals surface area contributed by atoms with Gasteiger partial charge in [0.25, 0.3) is 0 Å². The molecular weight excluding hydrogens is 507 g/mol. The first-order valence-electron chi connectivity index (χ1n) is 12.9. The van der Waals surface area contributed by atoms with Gasteiger partial charge in [0.15, 0.2) is 5.82 Å². The zero-order valence-corrected chi connectivity index (χ0v) is 22.8. The summed E-state index contributed by atoms with van der Waals surface area (Å²) in [5, 5.41) is 0.740. The van der Waals surface area contributed by atoms with Gasteiger partial charge in [0.05, 0.1) is 28.5 Å². The summed E-state index contributed by atoms with van der Waals surface area (Å²) in [6.45, 7) is 3.69. The van der Waals surface area contributed by atoms with Crippen LogP contribution in [-0.4, -0.2) is 62.8 Å². The summed E-state index contributed by atoms with van der Waals surface area (Å²) in [5.74, 6) is 0.622. The number of hydrogen-bond acceptors (Lipinski definition) is 6. The lowest BCUT2D eigenvalue weighted by molar-refractivity contribution is -0.125. The van der Waals surface area contributed by atoms with E-state index in [0.29, 0.717) is 28.5 Å². The van der Waals surface area contributed by atoms with Crippen molar-refractivity contribution in [2.45, 2.75) is 38.0 Å². The van der Waals surface area contributed by atoms with Crippen molar-refractivity contribution >= 4 is 44.2 Å². The van der Waals surface area contributed by atoms with Gasteiger partial charge < -0.3 is 9.80 Å². The smallest absolute Gasteiger partial charge is 0.301 e. The standard InChI is InChI=1S/C27H31FN6O3S/c1-5-16-14-34(15-16)25-22(31-38(36,37)32(2)3)9-17(12-30-25)18-10-19-21(11-20(18)28)29-13-23-24(19)27(7-6-8-27)26(35)33(23)4/h9-13,16,31H,5-8,14-15H2,1-4H3. The maximum atomic E-state index is 15.5. The van der Waals surface area contributed by atoms with Crippen LogP contribution in [0.1, 0.15) is 38.2 Å². The molecular formula is C27H31FN6O3S. The molecule has 9 nitrogen and oxygen atoms in total. The lowest BCUT2D eigenvalue weighted by atomic mass is 9.64. The fourth-order valence-electron chi connectivity index (χ4n) is 5.88. The number of halogens is 1. The van der Waals surface area contributed by atoms with Gasteiger partial charge in [-0.15, -0.1) is 0 Å². The molecule has 2 aromatic heterocycles. The summed E-state index contributed by atoms with van der Waals surface area (Å²) in [6, 6.07) is 4.76. The average molecular weight is 539 g/mol. The molecule has 1 saturated carbocycles. The van der Waals surface area contributed by atoms with Crippen molar-refractivity contribution in [3.8, 4) is 11.1 Å². The number of benzene rings is 1. The lowest BCUT2D eigenvalue weighted by Gasteiger charge is -2.40. The van der Waals surface area contributed by atoms with Gasteiger partial charge in [-0.3, -0.25) is 14.5 Å². The fourth-order valence-corrected chi connectivity index (χ4v) is 6.49. The summed E-state index contributed by atoms with van der Waals surface area (Å²) in [7, 11) is 0.836. The van der Waals surface area contributed by atoms with E-state index in [9.17, 15) is 13.2 Å². The molecule has 4 heterocycles. The molecule has 0 atom stereocenters. The van der Waals surface area contributed by atoms with Crippen molar-refractivity contribution in [1.29, 1.82) is 0 Å². The van der Waals surface area contributed by atoms with E-state index in [0.717, 1.165) is 59.7 Å². The molecule has 1 spiro atoms. The Kier molecular flexibility index (Phi) is 5.66. The molecule has 3 aliphatic rings. The van der Waals surface area contributed by atoms with Crippen LogP contribution in [0.2, 0.25) is 0 Å². The predicted octanol–water partition coefficient (Wildman–Crippen LogP) is 3.90. The Bertz CT molecular complexity index is 1580. The molecule has 0 bridgehead atoms. The van der Waals surface area contributed by atoms with Crippen LogP contribution in [-0.2, 0) is 20.4 Å². The number of likely N-dealkylation sites (N-methyl/N-ethyl adjacent to an activating group) is 1. The van der Waals surface area contributed by atoms with Gasteiger partial charge in [-0.05, 0) is 37.3 Å². The van der Waals surface area contributed by atoms with E-state index < -0.39 is 21.4 Å². The zero-order valence-electron chi connectivity index (χ0n) is 22.0. The highest BCUT2D eigenvalue weighted by Crippen LogP contribution is 2.55.